The highest BCUT2D eigenvalue weighted by atomic mass is 19.1. The summed E-state index contributed by atoms with van der Waals surface area (Å²) in [5.41, 5.74) is 4.77. The number of carboxylic acids is 1. The van der Waals surface area contributed by atoms with Gasteiger partial charge in [0.05, 0.1) is 23.4 Å². The van der Waals surface area contributed by atoms with Crippen molar-refractivity contribution in [2.45, 2.75) is 13.5 Å². The van der Waals surface area contributed by atoms with Crippen LogP contribution in [0.15, 0.2) is 66.7 Å². The molecule has 30 heavy (non-hydrogen) atoms. The molecule has 3 aromatic carbocycles. The topological polar surface area (TPSA) is 59.4 Å². The molecule has 0 saturated heterocycles. The van der Waals surface area contributed by atoms with Crippen LogP contribution >= 0.6 is 0 Å². The lowest BCUT2D eigenvalue weighted by molar-refractivity contribution is 0.0699. The maximum atomic E-state index is 15.0. The molecule has 1 aromatic heterocycles. The van der Waals surface area contributed by atoms with Gasteiger partial charge in [-0.15, -0.1) is 0 Å². The number of rotatable bonds is 5. The van der Waals surface area contributed by atoms with E-state index in [0.29, 0.717) is 34.3 Å². The summed E-state index contributed by atoms with van der Waals surface area (Å²) in [6.45, 7) is 2.35. The van der Waals surface area contributed by atoms with Gasteiger partial charge in [-0.1, -0.05) is 42.0 Å². The number of ether oxygens (including phenoxy) is 1. The zero-order valence-corrected chi connectivity index (χ0v) is 16.6. The maximum absolute atomic E-state index is 15.0. The van der Waals surface area contributed by atoms with Crippen LogP contribution in [0.5, 0.6) is 0 Å². The Morgan fingerprint density at radius 3 is 2.60 bits per heavy atom. The molecular formula is C25H20FNO3. The summed E-state index contributed by atoms with van der Waals surface area (Å²) < 4.78 is 20.1. The van der Waals surface area contributed by atoms with Crippen molar-refractivity contribution in [2.24, 2.45) is 0 Å². The molecule has 0 amide bonds. The first-order valence-electron chi connectivity index (χ1n) is 9.49. The summed E-state index contributed by atoms with van der Waals surface area (Å²) in [7, 11) is 1.62. The molecule has 0 unspecified atom stereocenters. The van der Waals surface area contributed by atoms with E-state index < -0.39 is 11.8 Å². The van der Waals surface area contributed by atoms with Gasteiger partial charge in [-0.3, -0.25) is 0 Å². The second-order valence-corrected chi connectivity index (χ2v) is 7.21. The van der Waals surface area contributed by atoms with Crippen LogP contribution in [0.2, 0.25) is 0 Å². The summed E-state index contributed by atoms with van der Waals surface area (Å²) in [5, 5.41) is 10.2. The minimum Gasteiger partial charge on any atom is -0.478 e. The molecule has 150 valence electrons. The molecule has 0 aliphatic rings. The number of hydrogen-bond acceptors (Lipinski definition) is 3. The van der Waals surface area contributed by atoms with Crippen LogP contribution in [0.3, 0.4) is 0 Å². The molecule has 0 radical (unpaired) electrons. The van der Waals surface area contributed by atoms with Gasteiger partial charge in [-0.2, -0.15) is 0 Å². The first-order valence-corrected chi connectivity index (χ1v) is 9.49. The fourth-order valence-electron chi connectivity index (χ4n) is 3.57. The zero-order chi connectivity index (χ0) is 21.3. The Labute approximate surface area is 173 Å². The average Bonchev–Trinajstić information content (AvgIpc) is 2.73. The van der Waals surface area contributed by atoms with Crippen LogP contribution in [0.1, 0.15) is 21.5 Å². The Balaban J connectivity index is 1.80. The molecule has 4 rings (SSSR count). The average molecular weight is 401 g/mol. The number of carboxylic acid groups (broad SMARTS) is 1. The van der Waals surface area contributed by atoms with Crippen molar-refractivity contribution < 1.29 is 19.0 Å². The SMILES string of the molecule is COCc1cccc(-c2ccc(-c3cc(C(=O)O)c4cc(C)ccc4n3)cc2F)c1. The van der Waals surface area contributed by atoms with Crippen molar-refractivity contribution >= 4 is 16.9 Å². The van der Waals surface area contributed by atoms with Gasteiger partial charge in [0.2, 0.25) is 0 Å². The Bertz CT molecular complexity index is 1270. The summed E-state index contributed by atoms with van der Waals surface area (Å²) in [6.07, 6.45) is 0. The highest BCUT2D eigenvalue weighted by Gasteiger charge is 2.15. The fraction of sp³-hybridized carbons (Fsp3) is 0.120. The molecule has 4 nitrogen and oxygen atoms in total. The summed E-state index contributed by atoms with van der Waals surface area (Å²) in [5.74, 6) is -1.44. The number of halogens is 1. The molecule has 0 saturated carbocycles. The minimum absolute atomic E-state index is 0.149. The molecule has 0 fully saturated rings. The lowest BCUT2D eigenvalue weighted by Gasteiger charge is -2.10. The number of aromatic nitrogens is 1. The molecule has 0 aliphatic carbocycles. The Hall–Kier alpha value is -3.57. The Morgan fingerprint density at radius 1 is 1.03 bits per heavy atom. The van der Waals surface area contributed by atoms with E-state index in [9.17, 15) is 14.3 Å². The quantitative estimate of drug-likeness (QED) is 0.455. The number of fused-ring (bicyclic) bond motifs is 1. The fourth-order valence-corrected chi connectivity index (χ4v) is 3.57. The maximum Gasteiger partial charge on any atom is 0.336 e. The highest BCUT2D eigenvalue weighted by molar-refractivity contribution is 6.04. The molecular weight excluding hydrogens is 381 g/mol. The monoisotopic (exact) mass is 401 g/mol. The largest absolute Gasteiger partial charge is 0.478 e. The van der Waals surface area contributed by atoms with Crippen molar-refractivity contribution in [3.63, 3.8) is 0 Å². The van der Waals surface area contributed by atoms with Gasteiger partial charge >= 0.3 is 5.97 Å². The van der Waals surface area contributed by atoms with Crippen molar-refractivity contribution in [3.8, 4) is 22.4 Å². The molecule has 4 aromatic rings. The second kappa shape index (κ2) is 8.05. The van der Waals surface area contributed by atoms with E-state index in [1.165, 1.54) is 12.1 Å². The van der Waals surface area contributed by atoms with Gasteiger partial charge in [0.1, 0.15) is 5.82 Å². The number of aryl methyl sites for hydroxylation is 1. The molecule has 0 spiro atoms. The number of nitrogens with zero attached hydrogens (tertiary/aromatic N) is 1. The van der Waals surface area contributed by atoms with E-state index in [-0.39, 0.29) is 5.56 Å². The number of carbonyl (C=O) groups is 1. The van der Waals surface area contributed by atoms with Crippen LogP contribution in [-0.2, 0) is 11.3 Å². The van der Waals surface area contributed by atoms with Gasteiger partial charge in [0.15, 0.2) is 0 Å². The van der Waals surface area contributed by atoms with Crippen molar-refractivity contribution in [2.75, 3.05) is 7.11 Å². The first-order chi connectivity index (χ1) is 14.5. The second-order valence-electron chi connectivity index (χ2n) is 7.21. The molecule has 1 N–H and O–H groups in total. The van der Waals surface area contributed by atoms with Crippen LogP contribution in [0.4, 0.5) is 4.39 Å². The van der Waals surface area contributed by atoms with Gasteiger partial charge < -0.3 is 9.84 Å². The van der Waals surface area contributed by atoms with Crippen LogP contribution in [-0.4, -0.2) is 23.2 Å². The highest BCUT2D eigenvalue weighted by Crippen LogP contribution is 2.30. The van der Waals surface area contributed by atoms with E-state index in [4.69, 9.17) is 4.74 Å². The van der Waals surface area contributed by atoms with Crippen LogP contribution < -0.4 is 0 Å². The van der Waals surface area contributed by atoms with Gasteiger partial charge in [0.25, 0.3) is 0 Å². The molecule has 0 atom stereocenters. The number of hydrogen-bond donors (Lipinski definition) is 1. The summed E-state index contributed by atoms with van der Waals surface area (Å²) >= 11 is 0. The predicted molar refractivity (Wildman–Crippen MR) is 115 cm³/mol. The van der Waals surface area contributed by atoms with E-state index >= 15 is 0 Å². The standard InChI is InChI=1S/C25H20FNO3/c1-15-6-9-23-20(10-15)21(25(28)29)13-24(27-23)18-7-8-19(22(26)12-18)17-5-3-4-16(11-17)14-30-2/h3-13H,14H2,1-2H3,(H,28,29). The van der Waals surface area contributed by atoms with E-state index in [1.54, 1.807) is 31.4 Å². The number of pyridine rings is 1. The van der Waals surface area contributed by atoms with E-state index in [0.717, 1.165) is 16.7 Å². The lowest BCUT2D eigenvalue weighted by Crippen LogP contribution is -2.01. The van der Waals surface area contributed by atoms with Crippen molar-refractivity contribution in [1.29, 1.82) is 0 Å². The zero-order valence-electron chi connectivity index (χ0n) is 16.6. The molecule has 1 heterocycles. The summed E-state index contributed by atoms with van der Waals surface area (Å²) in [6, 6.07) is 19.3. The number of methoxy groups -OCH3 is 1. The number of aromatic carboxylic acids is 1. The van der Waals surface area contributed by atoms with Crippen LogP contribution in [0.25, 0.3) is 33.3 Å². The van der Waals surface area contributed by atoms with E-state index in [1.807, 2.05) is 37.3 Å². The summed E-state index contributed by atoms with van der Waals surface area (Å²) in [4.78, 5) is 16.4. The number of benzene rings is 3. The van der Waals surface area contributed by atoms with Crippen LogP contribution in [0, 0.1) is 12.7 Å². The Morgan fingerprint density at radius 2 is 1.87 bits per heavy atom. The first kappa shape index (κ1) is 19.7. The van der Waals surface area contributed by atoms with Gasteiger partial charge in [-0.25, -0.2) is 14.2 Å². The van der Waals surface area contributed by atoms with Gasteiger partial charge in [0, 0.05) is 23.6 Å². The third kappa shape index (κ3) is 3.80. The lowest BCUT2D eigenvalue weighted by atomic mass is 9.98. The molecule has 5 heteroatoms. The van der Waals surface area contributed by atoms with Gasteiger partial charge in [-0.05, 0) is 48.4 Å². The normalized spacial score (nSPS) is 11.0. The predicted octanol–water partition coefficient (Wildman–Crippen LogP) is 5.86. The molecule has 0 bridgehead atoms. The minimum atomic E-state index is -1.04. The smallest absolute Gasteiger partial charge is 0.336 e. The third-order valence-electron chi connectivity index (χ3n) is 5.01. The van der Waals surface area contributed by atoms with Crippen molar-refractivity contribution in [3.05, 3.63) is 89.2 Å². The van der Waals surface area contributed by atoms with Crippen molar-refractivity contribution in [1.82, 2.24) is 4.98 Å². The molecule has 0 aliphatic heterocycles. The third-order valence-corrected chi connectivity index (χ3v) is 5.01. The van der Waals surface area contributed by atoms with E-state index in [2.05, 4.69) is 4.98 Å². The Kier molecular flexibility index (Phi) is 5.29.